The first-order chi connectivity index (χ1) is 15.3. The average Bonchev–Trinajstić information content (AvgIpc) is 2.85. The zero-order valence-electron chi connectivity index (χ0n) is 16.7. The van der Waals surface area contributed by atoms with Gasteiger partial charge in [-0.05, 0) is 60.7 Å². The van der Waals surface area contributed by atoms with Crippen LogP contribution in [0.25, 0.3) is 33.5 Å². The van der Waals surface area contributed by atoms with Gasteiger partial charge < -0.3 is 4.74 Å². The fourth-order valence-electron chi connectivity index (χ4n) is 3.43. The van der Waals surface area contributed by atoms with Crippen LogP contribution in [0.5, 0.6) is 11.5 Å². The van der Waals surface area contributed by atoms with E-state index in [-0.39, 0.29) is 0 Å². The van der Waals surface area contributed by atoms with Crippen LogP contribution in [-0.2, 0) is 0 Å². The predicted octanol–water partition coefficient (Wildman–Crippen LogP) is 6.74. The number of aromatic nitrogens is 2. The normalized spacial score (nSPS) is 10.5. The van der Waals surface area contributed by atoms with Gasteiger partial charge in [0.2, 0.25) is 0 Å². The number of terminal acetylenes is 1. The molecule has 5 aromatic rings. The van der Waals surface area contributed by atoms with Gasteiger partial charge >= 0.3 is 0 Å². The second-order valence-corrected chi connectivity index (χ2v) is 7.07. The van der Waals surface area contributed by atoms with Crippen molar-refractivity contribution in [2.75, 3.05) is 0 Å². The molecule has 0 radical (unpaired) electrons. The van der Waals surface area contributed by atoms with E-state index in [9.17, 15) is 0 Å². The maximum atomic E-state index is 5.95. The Kier molecular flexibility index (Phi) is 4.88. The van der Waals surface area contributed by atoms with Gasteiger partial charge in [0.1, 0.15) is 11.5 Å². The van der Waals surface area contributed by atoms with Gasteiger partial charge in [0.25, 0.3) is 0 Å². The van der Waals surface area contributed by atoms with Crippen molar-refractivity contribution in [2.24, 2.45) is 0 Å². The first kappa shape index (κ1) is 18.6. The summed E-state index contributed by atoms with van der Waals surface area (Å²) in [7, 11) is 0. The summed E-state index contributed by atoms with van der Waals surface area (Å²) in [4.78, 5) is 9.85. The number of rotatable bonds is 4. The van der Waals surface area contributed by atoms with E-state index < -0.39 is 0 Å². The second kappa shape index (κ2) is 8.14. The smallest absolute Gasteiger partial charge is 0.127 e. The van der Waals surface area contributed by atoms with E-state index in [1.54, 1.807) is 0 Å². The van der Waals surface area contributed by atoms with Gasteiger partial charge in [-0.25, -0.2) is 9.97 Å². The molecule has 4 aromatic carbocycles. The minimum absolute atomic E-state index is 0.738. The third kappa shape index (κ3) is 3.88. The Morgan fingerprint density at radius 2 is 1.03 bits per heavy atom. The van der Waals surface area contributed by atoms with Crippen LogP contribution in [0, 0.1) is 12.3 Å². The zero-order valence-corrected chi connectivity index (χ0v) is 16.7. The summed E-state index contributed by atoms with van der Waals surface area (Å²) in [5.41, 5.74) is 6.28. The summed E-state index contributed by atoms with van der Waals surface area (Å²) >= 11 is 0. The fourth-order valence-corrected chi connectivity index (χ4v) is 3.43. The van der Waals surface area contributed by atoms with E-state index in [1.165, 1.54) is 0 Å². The lowest BCUT2D eigenvalue weighted by Crippen LogP contribution is -1.95. The van der Waals surface area contributed by atoms with E-state index in [0.717, 1.165) is 50.6 Å². The van der Waals surface area contributed by atoms with Gasteiger partial charge in [-0.15, -0.1) is 6.42 Å². The van der Waals surface area contributed by atoms with Crippen molar-refractivity contribution in [2.45, 2.75) is 0 Å². The van der Waals surface area contributed by atoms with E-state index in [4.69, 9.17) is 21.1 Å². The van der Waals surface area contributed by atoms with Crippen molar-refractivity contribution < 1.29 is 4.74 Å². The maximum absolute atomic E-state index is 5.95. The molecule has 0 atom stereocenters. The molecule has 31 heavy (non-hydrogen) atoms. The van der Waals surface area contributed by atoms with E-state index in [0.29, 0.717) is 0 Å². The topological polar surface area (TPSA) is 35.0 Å². The van der Waals surface area contributed by atoms with Gasteiger partial charge in [-0.2, -0.15) is 0 Å². The van der Waals surface area contributed by atoms with Crippen LogP contribution >= 0.6 is 0 Å². The molecule has 0 N–H and O–H groups in total. The number of benzene rings is 4. The molecule has 0 spiro atoms. The van der Waals surface area contributed by atoms with Gasteiger partial charge in [0.15, 0.2) is 0 Å². The van der Waals surface area contributed by atoms with Crippen molar-refractivity contribution in [3.63, 3.8) is 0 Å². The molecule has 0 amide bonds. The van der Waals surface area contributed by atoms with Crippen LogP contribution in [0.3, 0.4) is 0 Å². The third-order valence-corrected chi connectivity index (χ3v) is 5.00. The summed E-state index contributed by atoms with van der Waals surface area (Å²) in [6, 6.07) is 33.4. The van der Waals surface area contributed by atoms with Crippen molar-refractivity contribution in [1.82, 2.24) is 9.97 Å². The van der Waals surface area contributed by atoms with E-state index in [2.05, 4.69) is 18.1 Å². The number of nitrogens with zero attached hydrogens (tertiary/aromatic N) is 2. The van der Waals surface area contributed by atoms with Crippen molar-refractivity contribution >= 4 is 11.0 Å². The molecular formula is C28H18N2O. The largest absolute Gasteiger partial charge is 0.457 e. The SMILES string of the molecule is C#Cc1ccc(Oc2ccc(-c3nc4ccccc4nc3-c3ccccc3)cc2)cc1. The molecular weight excluding hydrogens is 380 g/mol. The van der Waals surface area contributed by atoms with Crippen LogP contribution in [-0.4, -0.2) is 9.97 Å². The molecule has 3 heteroatoms. The molecule has 0 unspecified atom stereocenters. The molecule has 5 rings (SSSR count). The Balaban J connectivity index is 1.53. The Hall–Kier alpha value is -4.42. The Morgan fingerprint density at radius 1 is 0.548 bits per heavy atom. The molecule has 1 heterocycles. The van der Waals surface area contributed by atoms with Gasteiger partial charge in [-0.1, -0.05) is 48.4 Å². The average molecular weight is 398 g/mol. The highest BCUT2D eigenvalue weighted by Crippen LogP contribution is 2.32. The standard InChI is InChI=1S/C28H18N2O/c1-2-20-12-16-23(17-13-20)31-24-18-14-22(15-19-24)28-27(21-8-4-3-5-9-21)29-25-10-6-7-11-26(25)30-28/h1,3-19H. The van der Waals surface area contributed by atoms with Gasteiger partial charge in [0.05, 0.1) is 22.4 Å². The highest BCUT2D eigenvalue weighted by Gasteiger charge is 2.13. The van der Waals surface area contributed by atoms with Gasteiger partial charge in [0, 0.05) is 16.7 Å². The lowest BCUT2D eigenvalue weighted by molar-refractivity contribution is 0.482. The predicted molar refractivity (Wildman–Crippen MR) is 125 cm³/mol. The van der Waals surface area contributed by atoms with Crippen molar-refractivity contribution in [3.05, 3.63) is 109 Å². The molecule has 3 nitrogen and oxygen atoms in total. The van der Waals surface area contributed by atoms with Gasteiger partial charge in [-0.3, -0.25) is 0 Å². The van der Waals surface area contributed by atoms with Crippen LogP contribution in [0.15, 0.2) is 103 Å². The summed E-state index contributed by atoms with van der Waals surface area (Å²) < 4.78 is 5.95. The first-order valence-corrected chi connectivity index (χ1v) is 9.97. The zero-order chi connectivity index (χ0) is 21.0. The lowest BCUT2D eigenvalue weighted by atomic mass is 10.0. The van der Waals surface area contributed by atoms with Crippen molar-refractivity contribution in [3.8, 4) is 46.4 Å². The molecule has 1 aromatic heterocycles. The Morgan fingerprint density at radius 3 is 1.58 bits per heavy atom. The highest BCUT2D eigenvalue weighted by molar-refractivity contribution is 5.86. The minimum Gasteiger partial charge on any atom is -0.457 e. The van der Waals surface area contributed by atoms with E-state index in [1.807, 2.05) is 91.0 Å². The van der Waals surface area contributed by atoms with Crippen molar-refractivity contribution in [1.29, 1.82) is 0 Å². The number of ether oxygens (including phenoxy) is 1. The molecule has 0 aliphatic carbocycles. The maximum Gasteiger partial charge on any atom is 0.127 e. The monoisotopic (exact) mass is 398 g/mol. The molecule has 0 fully saturated rings. The number of hydrogen-bond donors (Lipinski definition) is 0. The molecule has 146 valence electrons. The summed E-state index contributed by atoms with van der Waals surface area (Å²) in [6.07, 6.45) is 5.41. The van der Waals surface area contributed by atoms with E-state index >= 15 is 0 Å². The highest BCUT2D eigenvalue weighted by atomic mass is 16.5. The Bertz CT molecular complexity index is 1380. The summed E-state index contributed by atoms with van der Waals surface area (Å²) in [5.74, 6) is 4.09. The molecule has 0 saturated carbocycles. The number of hydrogen-bond acceptors (Lipinski definition) is 3. The molecule has 0 saturated heterocycles. The lowest BCUT2D eigenvalue weighted by Gasteiger charge is -2.11. The number of fused-ring (bicyclic) bond motifs is 1. The van der Waals surface area contributed by atoms with Crippen LogP contribution in [0.1, 0.15) is 5.56 Å². The Labute approximate surface area is 181 Å². The summed E-state index contributed by atoms with van der Waals surface area (Å²) in [5, 5.41) is 0. The fraction of sp³-hybridized carbons (Fsp3) is 0. The number of para-hydroxylation sites is 2. The summed E-state index contributed by atoms with van der Waals surface area (Å²) in [6.45, 7) is 0. The molecule has 0 aliphatic heterocycles. The molecule has 0 aliphatic rings. The van der Waals surface area contributed by atoms with Crippen LogP contribution in [0.4, 0.5) is 0 Å². The molecule has 0 bridgehead atoms. The second-order valence-electron chi connectivity index (χ2n) is 7.07. The first-order valence-electron chi connectivity index (χ1n) is 9.97. The third-order valence-electron chi connectivity index (χ3n) is 5.00. The van der Waals surface area contributed by atoms with Crippen LogP contribution in [0.2, 0.25) is 0 Å². The van der Waals surface area contributed by atoms with Crippen LogP contribution < -0.4 is 4.74 Å². The minimum atomic E-state index is 0.738. The quantitative estimate of drug-likeness (QED) is 0.315.